The number of halogens is 1. The summed E-state index contributed by atoms with van der Waals surface area (Å²) in [5.41, 5.74) is 9.59. The molecule has 0 bridgehead atoms. The summed E-state index contributed by atoms with van der Waals surface area (Å²) in [4.78, 5) is 4.82. The van der Waals surface area contributed by atoms with Crippen LogP contribution in [-0.2, 0) is 13.0 Å². The van der Waals surface area contributed by atoms with Crippen LogP contribution in [0.15, 0.2) is 22.7 Å². The first kappa shape index (κ1) is 16.1. The Morgan fingerprint density at radius 2 is 2.05 bits per heavy atom. The zero-order chi connectivity index (χ0) is 15.6. The fourth-order valence-corrected chi connectivity index (χ4v) is 3.19. The molecule has 1 heterocycles. The first-order valence-electron chi connectivity index (χ1n) is 7.55. The SMILES string of the molecule is CCCc1nc(-c2ccc(C)cc2Br)c(N)n1CC(C)C. The Morgan fingerprint density at radius 3 is 2.62 bits per heavy atom. The van der Waals surface area contributed by atoms with Crippen LogP contribution in [0.2, 0.25) is 0 Å². The van der Waals surface area contributed by atoms with Gasteiger partial charge in [0, 0.05) is 23.0 Å². The van der Waals surface area contributed by atoms with Gasteiger partial charge < -0.3 is 10.3 Å². The third-order valence-electron chi connectivity index (χ3n) is 3.49. The third-order valence-corrected chi connectivity index (χ3v) is 4.14. The van der Waals surface area contributed by atoms with Crippen molar-refractivity contribution in [2.24, 2.45) is 5.92 Å². The van der Waals surface area contributed by atoms with Gasteiger partial charge in [0.05, 0.1) is 0 Å². The number of anilines is 1. The molecule has 0 saturated heterocycles. The van der Waals surface area contributed by atoms with Crippen molar-refractivity contribution in [2.75, 3.05) is 5.73 Å². The number of hydrogen-bond acceptors (Lipinski definition) is 2. The summed E-state index contributed by atoms with van der Waals surface area (Å²) >= 11 is 3.64. The quantitative estimate of drug-likeness (QED) is 0.841. The second-order valence-electron chi connectivity index (χ2n) is 6.00. The van der Waals surface area contributed by atoms with Crippen LogP contribution in [-0.4, -0.2) is 9.55 Å². The van der Waals surface area contributed by atoms with E-state index in [1.165, 1.54) is 5.56 Å². The standard InChI is InChI=1S/C17H24BrN3/c1-5-6-15-20-16(17(19)21(15)10-11(2)3)13-8-7-12(4)9-14(13)18/h7-9,11H,5-6,10,19H2,1-4H3. The van der Waals surface area contributed by atoms with Crippen molar-refractivity contribution in [1.29, 1.82) is 0 Å². The largest absolute Gasteiger partial charge is 0.383 e. The highest BCUT2D eigenvalue weighted by atomic mass is 79.9. The normalized spacial score (nSPS) is 11.3. The molecule has 0 radical (unpaired) electrons. The van der Waals surface area contributed by atoms with Crippen molar-refractivity contribution in [3.63, 3.8) is 0 Å². The molecule has 1 aromatic carbocycles. The predicted molar refractivity (Wildman–Crippen MR) is 93.3 cm³/mol. The topological polar surface area (TPSA) is 43.8 Å². The molecule has 0 unspecified atom stereocenters. The van der Waals surface area contributed by atoms with Crippen LogP contribution >= 0.6 is 15.9 Å². The van der Waals surface area contributed by atoms with Crippen LogP contribution in [0.1, 0.15) is 38.6 Å². The number of nitrogen functional groups attached to an aromatic ring is 1. The number of aryl methyl sites for hydroxylation is 2. The van der Waals surface area contributed by atoms with Gasteiger partial charge in [-0.15, -0.1) is 0 Å². The Kier molecular flexibility index (Phi) is 5.09. The minimum absolute atomic E-state index is 0.548. The van der Waals surface area contributed by atoms with E-state index < -0.39 is 0 Å². The van der Waals surface area contributed by atoms with E-state index >= 15 is 0 Å². The predicted octanol–water partition coefficient (Wildman–Crippen LogP) is 4.81. The fourth-order valence-electron chi connectivity index (χ4n) is 2.51. The highest BCUT2D eigenvalue weighted by molar-refractivity contribution is 9.10. The molecule has 21 heavy (non-hydrogen) atoms. The van der Waals surface area contributed by atoms with Gasteiger partial charge in [0.1, 0.15) is 17.3 Å². The van der Waals surface area contributed by atoms with Crippen molar-refractivity contribution in [3.8, 4) is 11.3 Å². The number of imidazole rings is 1. The number of hydrogen-bond donors (Lipinski definition) is 1. The molecular weight excluding hydrogens is 326 g/mol. The van der Waals surface area contributed by atoms with Crippen molar-refractivity contribution in [1.82, 2.24) is 9.55 Å². The van der Waals surface area contributed by atoms with Crippen LogP contribution in [0.4, 0.5) is 5.82 Å². The molecule has 3 nitrogen and oxygen atoms in total. The lowest BCUT2D eigenvalue weighted by molar-refractivity contribution is 0.510. The molecule has 0 saturated carbocycles. The van der Waals surface area contributed by atoms with Gasteiger partial charge in [0.2, 0.25) is 0 Å². The lowest BCUT2D eigenvalue weighted by Crippen LogP contribution is -2.11. The van der Waals surface area contributed by atoms with E-state index in [1.807, 2.05) is 0 Å². The summed E-state index contributed by atoms with van der Waals surface area (Å²) in [5.74, 6) is 2.41. The molecule has 0 atom stereocenters. The minimum Gasteiger partial charge on any atom is -0.383 e. The molecule has 114 valence electrons. The van der Waals surface area contributed by atoms with E-state index in [4.69, 9.17) is 10.7 Å². The van der Waals surface area contributed by atoms with Gasteiger partial charge in [-0.05, 0) is 30.9 Å². The van der Waals surface area contributed by atoms with E-state index in [0.29, 0.717) is 5.92 Å². The van der Waals surface area contributed by atoms with Crippen LogP contribution in [0.25, 0.3) is 11.3 Å². The van der Waals surface area contributed by atoms with Gasteiger partial charge in [0.15, 0.2) is 0 Å². The molecule has 0 amide bonds. The summed E-state index contributed by atoms with van der Waals surface area (Å²) in [6.45, 7) is 9.58. The van der Waals surface area contributed by atoms with E-state index in [9.17, 15) is 0 Å². The second kappa shape index (κ2) is 6.65. The van der Waals surface area contributed by atoms with Crippen LogP contribution in [0.3, 0.4) is 0 Å². The molecule has 2 rings (SSSR count). The van der Waals surface area contributed by atoms with Crippen molar-refractivity contribution in [2.45, 2.75) is 47.1 Å². The molecular formula is C17H24BrN3. The highest BCUT2D eigenvalue weighted by Gasteiger charge is 2.18. The fraction of sp³-hybridized carbons (Fsp3) is 0.471. The zero-order valence-corrected chi connectivity index (χ0v) is 14.9. The monoisotopic (exact) mass is 349 g/mol. The van der Waals surface area contributed by atoms with Crippen LogP contribution < -0.4 is 5.73 Å². The van der Waals surface area contributed by atoms with E-state index in [0.717, 1.165) is 46.8 Å². The number of aromatic nitrogens is 2. The molecule has 0 spiro atoms. The maximum atomic E-state index is 6.40. The lowest BCUT2D eigenvalue weighted by Gasteiger charge is -2.12. The molecule has 0 aliphatic rings. The summed E-state index contributed by atoms with van der Waals surface area (Å²) in [6, 6.07) is 6.30. The van der Waals surface area contributed by atoms with Crippen LogP contribution in [0, 0.1) is 12.8 Å². The molecule has 2 N–H and O–H groups in total. The smallest absolute Gasteiger partial charge is 0.131 e. The number of nitrogens with zero attached hydrogens (tertiary/aromatic N) is 2. The zero-order valence-electron chi connectivity index (χ0n) is 13.3. The van der Waals surface area contributed by atoms with Gasteiger partial charge in [-0.2, -0.15) is 0 Å². The molecule has 4 heteroatoms. The van der Waals surface area contributed by atoms with Crippen molar-refractivity contribution in [3.05, 3.63) is 34.1 Å². The van der Waals surface area contributed by atoms with E-state index in [1.54, 1.807) is 0 Å². The summed E-state index contributed by atoms with van der Waals surface area (Å²) < 4.78 is 3.22. The Bertz CT molecular complexity index is 629. The highest BCUT2D eigenvalue weighted by Crippen LogP contribution is 2.33. The summed E-state index contributed by atoms with van der Waals surface area (Å²) in [7, 11) is 0. The van der Waals surface area contributed by atoms with Crippen molar-refractivity contribution >= 4 is 21.7 Å². The van der Waals surface area contributed by atoms with Gasteiger partial charge in [-0.1, -0.05) is 48.8 Å². The molecule has 2 aromatic rings. The number of benzene rings is 1. The van der Waals surface area contributed by atoms with E-state index in [-0.39, 0.29) is 0 Å². The Balaban J connectivity index is 2.53. The molecule has 0 fully saturated rings. The third kappa shape index (κ3) is 3.49. The summed E-state index contributed by atoms with van der Waals surface area (Å²) in [5, 5.41) is 0. The maximum Gasteiger partial charge on any atom is 0.131 e. The Hall–Kier alpha value is -1.29. The maximum absolute atomic E-state index is 6.40. The van der Waals surface area contributed by atoms with Gasteiger partial charge >= 0.3 is 0 Å². The van der Waals surface area contributed by atoms with E-state index in [2.05, 4.69) is 66.4 Å². The second-order valence-corrected chi connectivity index (χ2v) is 6.85. The Morgan fingerprint density at radius 1 is 1.33 bits per heavy atom. The molecule has 0 aliphatic carbocycles. The first-order valence-corrected chi connectivity index (χ1v) is 8.34. The van der Waals surface area contributed by atoms with Gasteiger partial charge in [0.25, 0.3) is 0 Å². The van der Waals surface area contributed by atoms with Crippen LogP contribution in [0.5, 0.6) is 0 Å². The van der Waals surface area contributed by atoms with Crippen molar-refractivity contribution < 1.29 is 0 Å². The molecule has 1 aromatic heterocycles. The molecule has 0 aliphatic heterocycles. The average molecular weight is 350 g/mol. The summed E-state index contributed by atoms with van der Waals surface area (Å²) in [6.07, 6.45) is 2.03. The van der Waals surface area contributed by atoms with Gasteiger partial charge in [-0.25, -0.2) is 4.98 Å². The van der Waals surface area contributed by atoms with Gasteiger partial charge in [-0.3, -0.25) is 0 Å². The first-order chi connectivity index (χ1) is 9.93. The minimum atomic E-state index is 0.548. The Labute approximate surface area is 135 Å². The number of nitrogens with two attached hydrogens (primary N) is 1. The lowest BCUT2D eigenvalue weighted by atomic mass is 10.1. The number of rotatable bonds is 5. The average Bonchev–Trinajstić information content (AvgIpc) is 2.68.